The quantitative estimate of drug-likeness (QED) is 0.922. The summed E-state index contributed by atoms with van der Waals surface area (Å²) in [6, 6.07) is 7.13. The normalized spacial score (nSPS) is 11.9. The smallest absolute Gasteiger partial charge is 0.471 e. The minimum Gasteiger partial charge on any atom is -0.489 e. The van der Waals surface area contributed by atoms with Gasteiger partial charge in [0.2, 0.25) is 0 Å². The second-order valence-electron chi connectivity index (χ2n) is 3.95. The molecule has 0 aliphatic carbocycles. The second kappa shape index (κ2) is 8.45. The van der Waals surface area contributed by atoms with Crippen LogP contribution in [0.3, 0.4) is 0 Å². The molecule has 1 rings (SSSR count). The maximum Gasteiger partial charge on any atom is 0.471 e. The van der Waals surface area contributed by atoms with Gasteiger partial charge in [-0.15, -0.1) is 0 Å². The highest BCUT2D eigenvalue weighted by molar-refractivity contribution is 5.81. The standard InChI is InChI=1S/C12H14F3NO2.C2H6/c1-8-4-3-5-10(6-8)18-9(2)7-16-11(17)12(13,14)15;1-2/h3-6,9H,7H2,1-2H3,(H,16,17);1-2H3. The number of aryl methyl sites for hydroxylation is 1. The summed E-state index contributed by atoms with van der Waals surface area (Å²) in [5.74, 6) is -1.40. The fraction of sp³-hybridized carbons (Fsp3) is 0.500. The van der Waals surface area contributed by atoms with E-state index < -0.39 is 18.2 Å². The molecule has 1 amide bonds. The lowest BCUT2D eigenvalue weighted by Crippen LogP contribution is -2.41. The molecule has 0 radical (unpaired) electrons. The van der Waals surface area contributed by atoms with Gasteiger partial charge in [0.25, 0.3) is 0 Å². The van der Waals surface area contributed by atoms with Crippen LogP contribution in [0.5, 0.6) is 5.75 Å². The van der Waals surface area contributed by atoms with Gasteiger partial charge in [0, 0.05) is 0 Å². The van der Waals surface area contributed by atoms with E-state index in [4.69, 9.17) is 4.74 Å². The molecule has 6 heteroatoms. The van der Waals surface area contributed by atoms with Gasteiger partial charge in [0.05, 0.1) is 6.54 Å². The molecule has 0 saturated carbocycles. The number of amides is 1. The van der Waals surface area contributed by atoms with Crippen LogP contribution < -0.4 is 10.1 Å². The number of ether oxygens (including phenoxy) is 1. The summed E-state index contributed by atoms with van der Waals surface area (Å²) < 4.78 is 41.2. The first-order valence-corrected chi connectivity index (χ1v) is 6.37. The molecule has 1 unspecified atom stereocenters. The van der Waals surface area contributed by atoms with E-state index in [0.717, 1.165) is 5.56 Å². The van der Waals surface area contributed by atoms with Crippen molar-refractivity contribution in [2.45, 2.75) is 40.0 Å². The van der Waals surface area contributed by atoms with Gasteiger partial charge in [-0.05, 0) is 31.5 Å². The van der Waals surface area contributed by atoms with E-state index in [1.807, 2.05) is 26.8 Å². The van der Waals surface area contributed by atoms with Gasteiger partial charge in [0.1, 0.15) is 11.9 Å². The first kappa shape index (κ1) is 18.3. The van der Waals surface area contributed by atoms with Crippen LogP contribution in [0.25, 0.3) is 0 Å². The fourth-order valence-corrected chi connectivity index (χ4v) is 1.30. The number of carbonyl (C=O) groups excluding carboxylic acids is 1. The van der Waals surface area contributed by atoms with E-state index in [-0.39, 0.29) is 6.54 Å². The first-order valence-electron chi connectivity index (χ1n) is 6.37. The number of carbonyl (C=O) groups is 1. The van der Waals surface area contributed by atoms with Gasteiger partial charge < -0.3 is 10.1 Å². The van der Waals surface area contributed by atoms with Crippen LogP contribution in [0.15, 0.2) is 24.3 Å². The predicted molar refractivity (Wildman–Crippen MR) is 71.7 cm³/mol. The Hall–Kier alpha value is -1.72. The number of hydrogen-bond acceptors (Lipinski definition) is 2. The first-order chi connectivity index (χ1) is 9.29. The van der Waals surface area contributed by atoms with Crippen molar-refractivity contribution in [3.8, 4) is 5.75 Å². The van der Waals surface area contributed by atoms with Crippen molar-refractivity contribution in [2.75, 3.05) is 6.54 Å². The second-order valence-corrected chi connectivity index (χ2v) is 3.95. The molecule has 0 heterocycles. The minimum absolute atomic E-state index is 0.202. The van der Waals surface area contributed by atoms with Gasteiger partial charge in [0.15, 0.2) is 0 Å². The SMILES string of the molecule is CC.Cc1cccc(OC(C)CNC(=O)C(F)(F)F)c1. The fourth-order valence-electron chi connectivity index (χ4n) is 1.30. The van der Waals surface area contributed by atoms with Gasteiger partial charge in [-0.2, -0.15) is 13.2 Å². The summed E-state index contributed by atoms with van der Waals surface area (Å²) in [5, 5.41) is 1.77. The molecule has 0 fully saturated rings. The number of rotatable bonds is 4. The summed E-state index contributed by atoms with van der Waals surface area (Å²) in [5.41, 5.74) is 0.985. The Balaban J connectivity index is 0.00000172. The largest absolute Gasteiger partial charge is 0.489 e. The number of halogens is 3. The third-order valence-electron chi connectivity index (χ3n) is 2.13. The zero-order chi connectivity index (χ0) is 15.8. The highest BCUT2D eigenvalue weighted by Gasteiger charge is 2.38. The Morgan fingerprint density at radius 3 is 2.45 bits per heavy atom. The minimum atomic E-state index is -4.86. The van der Waals surface area contributed by atoms with Crippen molar-refractivity contribution >= 4 is 5.91 Å². The molecule has 0 spiro atoms. The molecular formula is C14H20F3NO2. The number of hydrogen-bond donors (Lipinski definition) is 1. The molecule has 0 aliphatic heterocycles. The monoisotopic (exact) mass is 291 g/mol. The lowest BCUT2D eigenvalue weighted by atomic mass is 10.2. The van der Waals surface area contributed by atoms with Crippen LogP contribution in [-0.4, -0.2) is 24.7 Å². The molecule has 114 valence electrons. The Morgan fingerprint density at radius 1 is 1.35 bits per heavy atom. The van der Waals surface area contributed by atoms with Crippen LogP contribution in [0.1, 0.15) is 26.3 Å². The molecule has 0 bridgehead atoms. The highest BCUT2D eigenvalue weighted by Crippen LogP contribution is 2.15. The zero-order valence-electron chi connectivity index (χ0n) is 12.0. The molecule has 20 heavy (non-hydrogen) atoms. The maximum atomic E-state index is 11.9. The van der Waals surface area contributed by atoms with Crippen LogP contribution >= 0.6 is 0 Å². The number of benzene rings is 1. The highest BCUT2D eigenvalue weighted by atomic mass is 19.4. The van der Waals surface area contributed by atoms with E-state index >= 15 is 0 Å². The predicted octanol–water partition coefficient (Wildman–Crippen LogP) is 3.47. The Bertz CT molecular complexity index is 419. The van der Waals surface area contributed by atoms with Crippen molar-refractivity contribution in [3.63, 3.8) is 0 Å². The van der Waals surface area contributed by atoms with Crippen LogP contribution in [0.4, 0.5) is 13.2 Å². The van der Waals surface area contributed by atoms with Crippen molar-refractivity contribution in [1.82, 2.24) is 5.32 Å². The molecule has 1 aromatic rings. The molecule has 1 atom stereocenters. The Morgan fingerprint density at radius 2 is 1.95 bits per heavy atom. The summed E-state index contributed by atoms with van der Waals surface area (Å²) in [4.78, 5) is 10.6. The van der Waals surface area contributed by atoms with Gasteiger partial charge in [-0.1, -0.05) is 26.0 Å². The van der Waals surface area contributed by atoms with Gasteiger partial charge in [-0.25, -0.2) is 0 Å². The molecule has 3 nitrogen and oxygen atoms in total. The van der Waals surface area contributed by atoms with E-state index in [2.05, 4.69) is 0 Å². The van der Waals surface area contributed by atoms with Crippen molar-refractivity contribution in [2.24, 2.45) is 0 Å². The van der Waals surface area contributed by atoms with Crippen LogP contribution in [-0.2, 0) is 4.79 Å². The zero-order valence-corrected chi connectivity index (χ0v) is 12.0. The van der Waals surface area contributed by atoms with Crippen LogP contribution in [0.2, 0.25) is 0 Å². The lowest BCUT2D eigenvalue weighted by Gasteiger charge is -2.16. The molecule has 0 aromatic heterocycles. The summed E-state index contributed by atoms with van der Waals surface area (Å²) in [6.45, 7) is 7.26. The van der Waals surface area contributed by atoms with E-state index in [0.29, 0.717) is 5.75 Å². The van der Waals surface area contributed by atoms with Crippen molar-refractivity contribution < 1.29 is 22.7 Å². The average molecular weight is 291 g/mol. The molecule has 1 N–H and O–H groups in total. The third kappa shape index (κ3) is 7.01. The van der Waals surface area contributed by atoms with E-state index in [1.54, 1.807) is 30.4 Å². The summed E-state index contributed by atoms with van der Waals surface area (Å²) >= 11 is 0. The van der Waals surface area contributed by atoms with Crippen molar-refractivity contribution in [3.05, 3.63) is 29.8 Å². The maximum absolute atomic E-state index is 11.9. The van der Waals surface area contributed by atoms with Crippen LogP contribution in [0, 0.1) is 6.92 Å². The lowest BCUT2D eigenvalue weighted by molar-refractivity contribution is -0.173. The average Bonchev–Trinajstić information content (AvgIpc) is 2.37. The molecule has 0 aliphatic rings. The molecule has 1 aromatic carbocycles. The number of nitrogens with one attached hydrogen (secondary N) is 1. The van der Waals surface area contributed by atoms with E-state index in [9.17, 15) is 18.0 Å². The summed E-state index contributed by atoms with van der Waals surface area (Å²) in [7, 11) is 0. The molecular weight excluding hydrogens is 271 g/mol. The summed E-state index contributed by atoms with van der Waals surface area (Å²) in [6.07, 6.45) is -5.40. The molecule has 0 saturated heterocycles. The van der Waals surface area contributed by atoms with E-state index in [1.165, 1.54) is 0 Å². The van der Waals surface area contributed by atoms with Crippen molar-refractivity contribution in [1.29, 1.82) is 0 Å². The van der Waals surface area contributed by atoms with Gasteiger partial charge in [-0.3, -0.25) is 4.79 Å². The Labute approximate surface area is 117 Å². The topological polar surface area (TPSA) is 38.3 Å². The number of alkyl halides is 3. The van der Waals surface area contributed by atoms with Gasteiger partial charge >= 0.3 is 12.1 Å². The third-order valence-corrected chi connectivity index (χ3v) is 2.13. The Kier molecular flexibility index (Phi) is 7.72.